The van der Waals surface area contributed by atoms with Crippen molar-refractivity contribution in [3.05, 3.63) is 89.1 Å². The number of anilines is 2. The number of nitrogens with zero attached hydrogens (tertiary/aromatic N) is 3. The summed E-state index contributed by atoms with van der Waals surface area (Å²) in [4.78, 5) is 34.3. The minimum absolute atomic E-state index is 0.157. The number of amides is 1. The molecule has 1 aliphatic rings. The minimum atomic E-state index is -0.178. The minimum Gasteiger partial charge on any atom is -0.354 e. The lowest BCUT2D eigenvalue weighted by atomic mass is 10.0. The quantitative estimate of drug-likeness (QED) is 0.599. The first-order chi connectivity index (χ1) is 15.1. The second-order valence-corrected chi connectivity index (χ2v) is 7.82. The van der Waals surface area contributed by atoms with Gasteiger partial charge in [-0.2, -0.15) is 0 Å². The van der Waals surface area contributed by atoms with Crippen molar-refractivity contribution >= 4 is 34.8 Å². The summed E-state index contributed by atoms with van der Waals surface area (Å²) >= 11 is 6.12. The summed E-state index contributed by atoms with van der Waals surface area (Å²) in [7, 11) is 0. The molecule has 4 rings (SSSR count). The molecule has 31 heavy (non-hydrogen) atoms. The van der Waals surface area contributed by atoms with E-state index >= 15 is 0 Å². The fourth-order valence-electron chi connectivity index (χ4n) is 3.63. The van der Waals surface area contributed by atoms with Crippen molar-refractivity contribution in [1.29, 1.82) is 0 Å². The maximum absolute atomic E-state index is 12.9. The summed E-state index contributed by atoms with van der Waals surface area (Å²) in [5.41, 5.74) is 1.40. The third kappa shape index (κ3) is 5.29. The van der Waals surface area contributed by atoms with E-state index in [4.69, 9.17) is 11.6 Å². The highest BCUT2D eigenvalue weighted by Crippen LogP contribution is 2.24. The van der Waals surface area contributed by atoms with Crippen molar-refractivity contribution in [2.75, 3.05) is 42.9 Å². The van der Waals surface area contributed by atoms with Crippen molar-refractivity contribution < 1.29 is 9.59 Å². The number of pyridine rings is 1. The van der Waals surface area contributed by atoms with Crippen LogP contribution in [0.15, 0.2) is 72.9 Å². The van der Waals surface area contributed by atoms with Gasteiger partial charge in [0.05, 0.1) is 12.2 Å². The van der Waals surface area contributed by atoms with Crippen LogP contribution in [0.3, 0.4) is 0 Å². The van der Waals surface area contributed by atoms with Crippen LogP contribution in [-0.4, -0.2) is 54.3 Å². The molecule has 0 radical (unpaired) electrons. The normalized spacial score (nSPS) is 14.3. The van der Waals surface area contributed by atoms with E-state index in [1.807, 2.05) is 24.3 Å². The van der Waals surface area contributed by atoms with E-state index in [9.17, 15) is 9.59 Å². The molecule has 1 saturated heterocycles. The first-order valence-electron chi connectivity index (χ1n) is 10.2. The zero-order valence-electron chi connectivity index (χ0n) is 17.0. The smallest absolute Gasteiger partial charge is 0.238 e. The summed E-state index contributed by atoms with van der Waals surface area (Å²) in [5.74, 6) is 0.620. The molecule has 0 spiro atoms. The summed E-state index contributed by atoms with van der Waals surface area (Å²) in [5, 5.41) is 3.34. The van der Waals surface area contributed by atoms with Crippen molar-refractivity contribution in [2.45, 2.75) is 0 Å². The topological polar surface area (TPSA) is 65.5 Å². The summed E-state index contributed by atoms with van der Waals surface area (Å²) in [6, 6.07) is 19.8. The Hall–Kier alpha value is -3.22. The lowest BCUT2D eigenvalue weighted by molar-refractivity contribution is -0.117. The molecule has 0 bridgehead atoms. The molecule has 3 aromatic rings. The molecule has 1 N–H and O–H groups in total. The highest BCUT2D eigenvalue weighted by atomic mass is 35.5. The molecule has 158 valence electrons. The lowest BCUT2D eigenvalue weighted by Crippen LogP contribution is -2.49. The number of hydrogen-bond donors (Lipinski definition) is 1. The summed E-state index contributed by atoms with van der Waals surface area (Å²) in [6.45, 7) is 3.41. The molecule has 0 unspecified atom stereocenters. The number of hydrogen-bond acceptors (Lipinski definition) is 5. The predicted molar refractivity (Wildman–Crippen MR) is 123 cm³/mol. The molecular weight excluding hydrogens is 412 g/mol. The number of nitrogens with one attached hydrogen (secondary N) is 1. The Balaban J connectivity index is 1.39. The van der Waals surface area contributed by atoms with Gasteiger partial charge in [-0.1, -0.05) is 48.0 Å². The van der Waals surface area contributed by atoms with Gasteiger partial charge in [0, 0.05) is 48.5 Å². The first-order valence-corrected chi connectivity index (χ1v) is 10.6. The molecule has 0 saturated carbocycles. The fraction of sp³-hybridized carbons (Fsp3) is 0.208. The van der Waals surface area contributed by atoms with Gasteiger partial charge < -0.3 is 10.2 Å². The second-order valence-electron chi connectivity index (χ2n) is 7.38. The van der Waals surface area contributed by atoms with Crippen LogP contribution < -0.4 is 10.2 Å². The van der Waals surface area contributed by atoms with Crippen LogP contribution in [0.25, 0.3) is 0 Å². The Labute approximate surface area is 186 Å². The van der Waals surface area contributed by atoms with Gasteiger partial charge in [-0.3, -0.25) is 14.5 Å². The Morgan fingerprint density at radius 1 is 0.935 bits per heavy atom. The van der Waals surface area contributed by atoms with Crippen LogP contribution in [0.2, 0.25) is 5.02 Å². The Bertz CT molecular complexity index is 1050. The Morgan fingerprint density at radius 3 is 2.39 bits per heavy atom. The Kier molecular flexibility index (Phi) is 6.60. The molecule has 2 aromatic carbocycles. The van der Waals surface area contributed by atoms with E-state index < -0.39 is 0 Å². The van der Waals surface area contributed by atoms with Crippen molar-refractivity contribution in [2.24, 2.45) is 0 Å². The van der Waals surface area contributed by atoms with E-state index in [0.29, 0.717) is 21.8 Å². The van der Waals surface area contributed by atoms with E-state index in [2.05, 4.69) is 20.1 Å². The van der Waals surface area contributed by atoms with Gasteiger partial charge in [0.1, 0.15) is 5.82 Å². The fourth-order valence-corrected chi connectivity index (χ4v) is 3.80. The standard InChI is InChI=1S/C24H23ClN4O2/c25-19-9-10-21(20(16-19)24(31)18-6-2-1-3-7-18)27-23(30)17-28-12-14-29(15-13-28)22-8-4-5-11-26-22/h1-11,16H,12-15,17H2,(H,27,30). The molecule has 1 aromatic heterocycles. The van der Waals surface area contributed by atoms with Gasteiger partial charge >= 0.3 is 0 Å². The molecule has 7 heteroatoms. The van der Waals surface area contributed by atoms with Gasteiger partial charge in [-0.05, 0) is 30.3 Å². The SMILES string of the molecule is O=C(CN1CCN(c2ccccn2)CC1)Nc1ccc(Cl)cc1C(=O)c1ccccc1. The largest absolute Gasteiger partial charge is 0.354 e. The zero-order valence-corrected chi connectivity index (χ0v) is 17.8. The summed E-state index contributed by atoms with van der Waals surface area (Å²) < 4.78 is 0. The van der Waals surface area contributed by atoms with Crippen LogP contribution in [0.5, 0.6) is 0 Å². The second kappa shape index (κ2) is 9.73. The average Bonchev–Trinajstić information content (AvgIpc) is 2.81. The van der Waals surface area contributed by atoms with Crippen molar-refractivity contribution in [1.82, 2.24) is 9.88 Å². The van der Waals surface area contributed by atoms with Crippen molar-refractivity contribution in [3.63, 3.8) is 0 Å². The molecule has 1 aliphatic heterocycles. The van der Waals surface area contributed by atoms with E-state index in [0.717, 1.165) is 32.0 Å². The van der Waals surface area contributed by atoms with Crippen LogP contribution >= 0.6 is 11.6 Å². The average molecular weight is 435 g/mol. The first kappa shape index (κ1) is 21.0. The molecule has 2 heterocycles. The number of piperazine rings is 1. The van der Waals surface area contributed by atoms with Gasteiger partial charge in [0.2, 0.25) is 5.91 Å². The maximum atomic E-state index is 12.9. The van der Waals surface area contributed by atoms with Crippen LogP contribution in [0.4, 0.5) is 11.5 Å². The highest BCUT2D eigenvalue weighted by Gasteiger charge is 2.21. The molecule has 0 aliphatic carbocycles. The highest BCUT2D eigenvalue weighted by molar-refractivity contribution is 6.31. The van der Waals surface area contributed by atoms with E-state index in [-0.39, 0.29) is 18.2 Å². The van der Waals surface area contributed by atoms with Crippen LogP contribution in [0, 0.1) is 0 Å². The zero-order chi connectivity index (χ0) is 21.6. The van der Waals surface area contributed by atoms with Gasteiger partial charge in [-0.25, -0.2) is 4.98 Å². The number of ketones is 1. The molecule has 1 amide bonds. The van der Waals surface area contributed by atoms with Crippen molar-refractivity contribution in [3.8, 4) is 0 Å². The van der Waals surface area contributed by atoms with E-state index in [1.54, 1.807) is 48.7 Å². The number of carbonyl (C=O) groups is 2. The number of rotatable bonds is 6. The predicted octanol–water partition coefficient (Wildman–Crippen LogP) is 3.73. The molecule has 1 fully saturated rings. The molecule has 0 atom stereocenters. The maximum Gasteiger partial charge on any atom is 0.238 e. The number of benzene rings is 2. The number of halogens is 1. The Morgan fingerprint density at radius 2 is 1.68 bits per heavy atom. The number of aromatic nitrogens is 1. The molecular formula is C24H23ClN4O2. The third-order valence-electron chi connectivity index (χ3n) is 5.25. The van der Waals surface area contributed by atoms with E-state index in [1.165, 1.54) is 0 Å². The number of carbonyl (C=O) groups excluding carboxylic acids is 2. The van der Waals surface area contributed by atoms with Gasteiger partial charge in [0.15, 0.2) is 5.78 Å². The lowest BCUT2D eigenvalue weighted by Gasteiger charge is -2.35. The van der Waals surface area contributed by atoms with Crippen LogP contribution in [-0.2, 0) is 4.79 Å². The third-order valence-corrected chi connectivity index (χ3v) is 5.48. The van der Waals surface area contributed by atoms with Gasteiger partial charge in [0.25, 0.3) is 0 Å². The van der Waals surface area contributed by atoms with Gasteiger partial charge in [-0.15, -0.1) is 0 Å². The van der Waals surface area contributed by atoms with Crippen LogP contribution in [0.1, 0.15) is 15.9 Å². The summed E-state index contributed by atoms with van der Waals surface area (Å²) in [6.07, 6.45) is 1.79. The monoisotopic (exact) mass is 434 g/mol. The molecule has 6 nitrogen and oxygen atoms in total.